The van der Waals surface area contributed by atoms with Crippen molar-refractivity contribution in [2.45, 2.75) is 52.7 Å². The molecule has 0 saturated heterocycles. The molecular formula is C17H27F2NO. The molecule has 1 N–H and O–H groups in total. The average molecular weight is 299 g/mol. The standard InChI is InChI=1S/C17H27F2NO/c1-6-9-20-15(16(21-5)17(2,3)4)11-12-7-8-13(18)14(19)10-12/h7-8,10,15-16,20H,6,9,11H2,1-5H3. The van der Waals surface area contributed by atoms with E-state index in [2.05, 4.69) is 33.0 Å². The summed E-state index contributed by atoms with van der Waals surface area (Å²) in [6.45, 7) is 9.32. The van der Waals surface area contributed by atoms with Crippen LogP contribution in [-0.2, 0) is 11.2 Å². The Hall–Kier alpha value is -1.00. The van der Waals surface area contributed by atoms with Gasteiger partial charge in [-0.15, -0.1) is 0 Å². The summed E-state index contributed by atoms with van der Waals surface area (Å²) in [6, 6.07) is 4.14. The van der Waals surface area contributed by atoms with E-state index >= 15 is 0 Å². The number of rotatable bonds is 7. The molecule has 0 heterocycles. The van der Waals surface area contributed by atoms with Gasteiger partial charge < -0.3 is 10.1 Å². The highest BCUT2D eigenvalue weighted by Gasteiger charge is 2.32. The maximum Gasteiger partial charge on any atom is 0.159 e. The number of hydrogen-bond acceptors (Lipinski definition) is 2. The molecule has 2 atom stereocenters. The molecule has 2 nitrogen and oxygen atoms in total. The highest BCUT2D eigenvalue weighted by Crippen LogP contribution is 2.26. The van der Waals surface area contributed by atoms with Gasteiger partial charge >= 0.3 is 0 Å². The van der Waals surface area contributed by atoms with E-state index in [1.807, 2.05) is 0 Å². The van der Waals surface area contributed by atoms with Crippen molar-refractivity contribution in [3.8, 4) is 0 Å². The van der Waals surface area contributed by atoms with Crippen LogP contribution in [0.4, 0.5) is 8.78 Å². The molecule has 120 valence electrons. The number of ether oxygens (including phenoxy) is 1. The van der Waals surface area contributed by atoms with E-state index in [9.17, 15) is 8.78 Å². The lowest BCUT2D eigenvalue weighted by molar-refractivity contribution is -0.0109. The Labute approximate surface area is 126 Å². The number of hydrogen-bond donors (Lipinski definition) is 1. The average Bonchev–Trinajstić information content (AvgIpc) is 2.39. The van der Waals surface area contributed by atoms with E-state index in [-0.39, 0.29) is 17.6 Å². The minimum Gasteiger partial charge on any atom is -0.379 e. The molecule has 4 heteroatoms. The minimum absolute atomic E-state index is 0.0165. The molecule has 0 spiro atoms. The molecule has 0 aliphatic heterocycles. The van der Waals surface area contributed by atoms with Crippen LogP contribution in [0.2, 0.25) is 0 Å². The number of methoxy groups -OCH3 is 1. The lowest BCUT2D eigenvalue weighted by Crippen LogP contribution is -2.49. The van der Waals surface area contributed by atoms with Gasteiger partial charge in [0.2, 0.25) is 0 Å². The third kappa shape index (κ3) is 5.36. The largest absolute Gasteiger partial charge is 0.379 e. The first-order chi connectivity index (χ1) is 9.79. The summed E-state index contributed by atoms with van der Waals surface area (Å²) in [4.78, 5) is 0. The van der Waals surface area contributed by atoms with E-state index in [1.54, 1.807) is 13.2 Å². The molecule has 0 aliphatic rings. The first kappa shape index (κ1) is 18.1. The van der Waals surface area contributed by atoms with Crippen LogP contribution in [0.5, 0.6) is 0 Å². The van der Waals surface area contributed by atoms with E-state index in [4.69, 9.17) is 4.74 Å². The molecule has 0 radical (unpaired) electrons. The van der Waals surface area contributed by atoms with Gasteiger partial charge in [-0.3, -0.25) is 0 Å². The zero-order valence-corrected chi connectivity index (χ0v) is 13.7. The van der Waals surface area contributed by atoms with Crippen LogP contribution in [0.25, 0.3) is 0 Å². The van der Waals surface area contributed by atoms with Crippen LogP contribution in [0, 0.1) is 17.0 Å². The highest BCUT2D eigenvalue weighted by molar-refractivity contribution is 5.19. The highest BCUT2D eigenvalue weighted by atomic mass is 19.2. The Morgan fingerprint density at radius 2 is 1.86 bits per heavy atom. The number of halogens is 2. The molecule has 2 unspecified atom stereocenters. The van der Waals surface area contributed by atoms with Crippen molar-refractivity contribution in [2.24, 2.45) is 5.41 Å². The molecule has 0 aliphatic carbocycles. The Kier molecular flexibility index (Phi) is 6.75. The summed E-state index contributed by atoms with van der Waals surface area (Å²) in [5.74, 6) is -1.61. The van der Waals surface area contributed by atoms with Crippen LogP contribution < -0.4 is 5.32 Å². The SMILES string of the molecule is CCCNC(Cc1ccc(F)c(F)c1)C(OC)C(C)(C)C. The van der Waals surface area contributed by atoms with E-state index < -0.39 is 11.6 Å². The van der Waals surface area contributed by atoms with Crippen molar-refractivity contribution in [1.82, 2.24) is 5.32 Å². The molecule has 0 bridgehead atoms. The minimum atomic E-state index is -0.809. The summed E-state index contributed by atoms with van der Waals surface area (Å²) < 4.78 is 32.1. The number of nitrogens with one attached hydrogen (secondary N) is 1. The third-order valence-corrected chi connectivity index (χ3v) is 3.57. The Bertz CT molecular complexity index is 443. The van der Waals surface area contributed by atoms with Gasteiger partial charge in [0.15, 0.2) is 11.6 Å². The predicted octanol–water partition coefficient (Wildman–Crippen LogP) is 3.94. The second-order valence-corrected chi connectivity index (χ2v) is 6.54. The maximum absolute atomic E-state index is 13.4. The first-order valence-corrected chi connectivity index (χ1v) is 7.49. The maximum atomic E-state index is 13.4. The molecular weight excluding hydrogens is 272 g/mol. The first-order valence-electron chi connectivity index (χ1n) is 7.49. The molecule has 0 saturated carbocycles. The molecule has 1 aromatic rings. The summed E-state index contributed by atoms with van der Waals surface area (Å²) in [5, 5.41) is 3.47. The van der Waals surface area contributed by atoms with Crippen molar-refractivity contribution in [1.29, 1.82) is 0 Å². The third-order valence-electron chi connectivity index (χ3n) is 3.57. The van der Waals surface area contributed by atoms with Gasteiger partial charge in [0.1, 0.15) is 0 Å². The van der Waals surface area contributed by atoms with E-state index in [1.165, 1.54) is 12.1 Å². The predicted molar refractivity (Wildman–Crippen MR) is 82.4 cm³/mol. The normalized spacial score (nSPS) is 15.0. The van der Waals surface area contributed by atoms with Crippen LogP contribution in [0.1, 0.15) is 39.7 Å². The van der Waals surface area contributed by atoms with E-state index in [0.29, 0.717) is 6.42 Å². The lowest BCUT2D eigenvalue weighted by atomic mass is 9.82. The second-order valence-electron chi connectivity index (χ2n) is 6.54. The topological polar surface area (TPSA) is 21.3 Å². The lowest BCUT2D eigenvalue weighted by Gasteiger charge is -2.36. The summed E-state index contributed by atoms with van der Waals surface area (Å²) in [5.41, 5.74) is 0.729. The Morgan fingerprint density at radius 3 is 2.33 bits per heavy atom. The number of benzene rings is 1. The smallest absolute Gasteiger partial charge is 0.159 e. The molecule has 0 amide bonds. The van der Waals surface area contributed by atoms with Crippen LogP contribution in [-0.4, -0.2) is 25.8 Å². The van der Waals surface area contributed by atoms with Gasteiger partial charge in [-0.1, -0.05) is 33.8 Å². The fourth-order valence-corrected chi connectivity index (χ4v) is 2.66. The van der Waals surface area contributed by atoms with Crippen molar-refractivity contribution in [3.63, 3.8) is 0 Å². The fourth-order valence-electron chi connectivity index (χ4n) is 2.66. The van der Waals surface area contributed by atoms with E-state index in [0.717, 1.165) is 18.5 Å². The summed E-state index contributed by atoms with van der Waals surface area (Å²) in [7, 11) is 1.70. The van der Waals surface area contributed by atoms with Gasteiger partial charge in [0, 0.05) is 13.2 Å². The molecule has 1 rings (SSSR count). The molecule has 0 aromatic heterocycles. The van der Waals surface area contributed by atoms with Crippen molar-refractivity contribution >= 4 is 0 Å². The van der Waals surface area contributed by atoms with Crippen molar-refractivity contribution in [2.75, 3.05) is 13.7 Å². The van der Waals surface area contributed by atoms with Crippen LogP contribution in [0.3, 0.4) is 0 Å². The Morgan fingerprint density at radius 1 is 1.19 bits per heavy atom. The van der Waals surface area contributed by atoms with Crippen LogP contribution >= 0.6 is 0 Å². The summed E-state index contributed by atoms with van der Waals surface area (Å²) in [6.07, 6.45) is 1.60. The summed E-state index contributed by atoms with van der Waals surface area (Å²) >= 11 is 0. The molecule has 0 fully saturated rings. The van der Waals surface area contributed by atoms with Crippen molar-refractivity contribution < 1.29 is 13.5 Å². The van der Waals surface area contributed by atoms with Gasteiger partial charge in [-0.2, -0.15) is 0 Å². The monoisotopic (exact) mass is 299 g/mol. The Balaban J connectivity index is 2.93. The van der Waals surface area contributed by atoms with Crippen molar-refractivity contribution in [3.05, 3.63) is 35.4 Å². The van der Waals surface area contributed by atoms with Crippen LogP contribution in [0.15, 0.2) is 18.2 Å². The zero-order chi connectivity index (χ0) is 16.0. The quantitative estimate of drug-likeness (QED) is 0.823. The van der Waals surface area contributed by atoms with Gasteiger partial charge in [0.25, 0.3) is 0 Å². The van der Waals surface area contributed by atoms with Gasteiger partial charge in [0.05, 0.1) is 6.10 Å². The second kappa shape index (κ2) is 7.85. The zero-order valence-electron chi connectivity index (χ0n) is 13.7. The van der Waals surface area contributed by atoms with Gasteiger partial charge in [-0.25, -0.2) is 8.78 Å². The molecule has 1 aromatic carbocycles. The van der Waals surface area contributed by atoms with Gasteiger partial charge in [-0.05, 0) is 42.5 Å². The fraction of sp³-hybridized carbons (Fsp3) is 0.647. The molecule has 21 heavy (non-hydrogen) atoms.